The van der Waals surface area contributed by atoms with Crippen LogP contribution in [0.3, 0.4) is 0 Å². The van der Waals surface area contributed by atoms with E-state index in [2.05, 4.69) is 22.2 Å². The Bertz CT molecular complexity index is 532. The molecular formula is C14H23N5. The molecule has 0 unspecified atom stereocenters. The monoisotopic (exact) mass is 261 g/mol. The summed E-state index contributed by atoms with van der Waals surface area (Å²) >= 11 is 0. The van der Waals surface area contributed by atoms with Crippen LogP contribution in [0.4, 0.5) is 5.82 Å². The fourth-order valence-corrected chi connectivity index (χ4v) is 2.42. The SMILES string of the molecule is CCCCCCCCc1c(C)nc2cnnn2c1N. The first-order valence-electron chi connectivity index (χ1n) is 7.19. The summed E-state index contributed by atoms with van der Waals surface area (Å²) in [5.41, 5.74) is 8.99. The first-order chi connectivity index (χ1) is 9.24. The molecule has 0 fully saturated rings. The fraction of sp³-hybridized carbons (Fsp3) is 0.643. The molecule has 0 bridgehead atoms. The number of aromatic nitrogens is 4. The maximum atomic E-state index is 6.15. The van der Waals surface area contributed by atoms with Crippen molar-refractivity contribution >= 4 is 11.5 Å². The zero-order valence-corrected chi connectivity index (χ0v) is 11.9. The molecule has 0 aliphatic heterocycles. The third kappa shape index (κ3) is 3.22. The molecular weight excluding hydrogens is 238 g/mol. The minimum atomic E-state index is 0.688. The van der Waals surface area contributed by atoms with Gasteiger partial charge in [0.2, 0.25) is 0 Å². The molecule has 0 aliphatic rings. The Balaban J connectivity index is 1.96. The van der Waals surface area contributed by atoms with Crippen LogP contribution in [0.1, 0.15) is 56.7 Å². The molecule has 0 aliphatic carbocycles. The second-order valence-corrected chi connectivity index (χ2v) is 5.08. The lowest BCUT2D eigenvalue weighted by Crippen LogP contribution is -2.08. The molecule has 0 saturated heterocycles. The lowest BCUT2D eigenvalue weighted by Gasteiger charge is -2.09. The van der Waals surface area contributed by atoms with Gasteiger partial charge in [-0.25, -0.2) is 4.98 Å². The van der Waals surface area contributed by atoms with E-state index in [0.717, 1.165) is 29.7 Å². The van der Waals surface area contributed by atoms with Gasteiger partial charge < -0.3 is 5.73 Å². The minimum absolute atomic E-state index is 0.688. The van der Waals surface area contributed by atoms with Gasteiger partial charge in [-0.3, -0.25) is 0 Å². The predicted molar refractivity (Wildman–Crippen MR) is 77.0 cm³/mol. The second kappa shape index (κ2) is 6.50. The van der Waals surface area contributed by atoms with Gasteiger partial charge in [0.25, 0.3) is 0 Å². The highest BCUT2D eigenvalue weighted by atomic mass is 15.4. The van der Waals surface area contributed by atoms with Crippen LogP contribution in [0.5, 0.6) is 0 Å². The molecule has 0 saturated carbocycles. The Labute approximate surface area is 114 Å². The molecule has 2 aromatic rings. The Morgan fingerprint density at radius 1 is 1.16 bits per heavy atom. The number of nitrogens with zero attached hydrogens (tertiary/aromatic N) is 4. The van der Waals surface area contributed by atoms with Crippen molar-refractivity contribution in [2.24, 2.45) is 0 Å². The zero-order chi connectivity index (χ0) is 13.7. The maximum Gasteiger partial charge on any atom is 0.178 e. The number of nitrogen functional groups attached to an aromatic ring is 1. The molecule has 19 heavy (non-hydrogen) atoms. The van der Waals surface area contributed by atoms with Crippen molar-refractivity contribution in [3.05, 3.63) is 17.5 Å². The van der Waals surface area contributed by atoms with E-state index in [0.29, 0.717) is 5.82 Å². The molecule has 0 radical (unpaired) electrons. The molecule has 2 aromatic heterocycles. The third-order valence-corrected chi connectivity index (χ3v) is 3.57. The van der Waals surface area contributed by atoms with E-state index in [1.54, 1.807) is 10.7 Å². The Morgan fingerprint density at radius 2 is 1.89 bits per heavy atom. The van der Waals surface area contributed by atoms with Gasteiger partial charge in [0.15, 0.2) is 5.65 Å². The molecule has 104 valence electrons. The number of unbranched alkanes of at least 4 members (excludes halogenated alkanes) is 5. The van der Waals surface area contributed by atoms with Crippen molar-refractivity contribution in [3.63, 3.8) is 0 Å². The molecule has 5 heteroatoms. The van der Waals surface area contributed by atoms with E-state index in [4.69, 9.17) is 5.73 Å². The largest absolute Gasteiger partial charge is 0.383 e. The van der Waals surface area contributed by atoms with Gasteiger partial charge in [-0.05, 0) is 19.8 Å². The number of fused-ring (bicyclic) bond motifs is 1. The van der Waals surface area contributed by atoms with Crippen LogP contribution in [0.15, 0.2) is 6.20 Å². The number of nitrogens with two attached hydrogens (primary N) is 1. The van der Waals surface area contributed by atoms with Gasteiger partial charge in [0, 0.05) is 11.3 Å². The summed E-state index contributed by atoms with van der Waals surface area (Å²) < 4.78 is 1.62. The quantitative estimate of drug-likeness (QED) is 0.778. The first kappa shape index (κ1) is 13.8. The average Bonchev–Trinajstić information content (AvgIpc) is 2.85. The Morgan fingerprint density at radius 3 is 2.68 bits per heavy atom. The van der Waals surface area contributed by atoms with E-state index < -0.39 is 0 Å². The fourth-order valence-electron chi connectivity index (χ4n) is 2.42. The summed E-state index contributed by atoms with van der Waals surface area (Å²) in [6, 6.07) is 0. The molecule has 0 amide bonds. The average molecular weight is 261 g/mol. The van der Waals surface area contributed by atoms with Gasteiger partial charge in [-0.2, -0.15) is 4.52 Å². The zero-order valence-electron chi connectivity index (χ0n) is 11.9. The summed E-state index contributed by atoms with van der Waals surface area (Å²) in [4.78, 5) is 4.48. The number of hydrogen-bond acceptors (Lipinski definition) is 4. The second-order valence-electron chi connectivity index (χ2n) is 5.08. The molecule has 5 nitrogen and oxygen atoms in total. The lowest BCUT2D eigenvalue weighted by molar-refractivity contribution is 0.606. The predicted octanol–water partition coefficient (Wildman–Crippen LogP) is 2.92. The van der Waals surface area contributed by atoms with Crippen LogP contribution in [0.25, 0.3) is 5.65 Å². The van der Waals surface area contributed by atoms with Gasteiger partial charge in [-0.15, -0.1) is 5.10 Å². The standard InChI is InChI=1S/C14H23N5/c1-3-4-5-6-7-8-9-12-11(2)17-13-10-16-18-19(13)14(12)15/h10H,3-9,15H2,1-2H3. The summed E-state index contributed by atoms with van der Waals surface area (Å²) in [5.74, 6) is 0.688. The van der Waals surface area contributed by atoms with Crippen LogP contribution in [0, 0.1) is 6.92 Å². The summed E-state index contributed by atoms with van der Waals surface area (Å²) in [6.45, 7) is 4.25. The van der Waals surface area contributed by atoms with Crippen LogP contribution in [-0.2, 0) is 6.42 Å². The van der Waals surface area contributed by atoms with Crippen molar-refractivity contribution in [2.75, 3.05) is 5.73 Å². The van der Waals surface area contributed by atoms with Crippen molar-refractivity contribution in [1.82, 2.24) is 19.8 Å². The van der Waals surface area contributed by atoms with Crippen molar-refractivity contribution in [2.45, 2.75) is 58.8 Å². The van der Waals surface area contributed by atoms with Crippen molar-refractivity contribution in [1.29, 1.82) is 0 Å². The van der Waals surface area contributed by atoms with Gasteiger partial charge in [-0.1, -0.05) is 44.2 Å². The molecule has 2 N–H and O–H groups in total. The van der Waals surface area contributed by atoms with Crippen molar-refractivity contribution < 1.29 is 0 Å². The van der Waals surface area contributed by atoms with E-state index >= 15 is 0 Å². The van der Waals surface area contributed by atoms with E-state index in [9.17, 15) is 0 Å². The molecule has 2 heterocycles. The Kier molecular flexibility index (Phi) is 4.71. The van der Waals surface area contributed by atoms with Crippen LogP contribution >= 0.6 is 0 Å². The summed E-state index contributed by atoms with van der Waals surface area (Å²) in [5, 5.41) is 7.81. The highest BCUT2D eigenvalue weighted by Crippen LogP contribution is 2.19. The molecule has 0 spiro atoms. The highest BCUT2D eigenvalue weighted by Gasteiger charge is 2.10. The topological polar surface area (TPSA) is 69.1 Å². The van der Waals surface area contributed by atoms with Crippen LogP contribution < -0.4 is 5.73 Å². The minimum Gasteiger partial charge on any atom is -0.383 e. The smallest absolute Gasteiger partial charge is 0.178 e. The molecule has 0 atom stereocenters. The first-order valence-corrected chi connectivity index (χ1v) is 7.19. The number of rotatable bonds is 7. The van der Waals surface area contributed by atoms with Crippen molar-refractivity contribution in [3.8, 4) is 0 Å². The summed E-state index contributed by atoms with van der Waals surface area (Å²) in [7, 11) is 0. The highest BCUT2D eigenvalue weighted by molar-refractivity contribution is 5.51. The van der Waals surface area contributed by atoms with Gasteiger partial charge in [0.1, 0.15) is 5.82 Å². The number of aryl methyl sites for hydroxylation is 1. The third-order valence-electron chi connectivity index (χ3n) is 3.57. The van der Waals surface area contributed by atoms with Gasteiger partial charge >= 0.3 is 0 Å². The number of hydrogen-bond donors (Lipinski definition) is 1. The number of anilines is 1. The normalized spacial score (nSPS) is 11.3. The summed E-state index contributed by atoms with van der Waals surface area (Å²) in [6.07, 6.45) is 10.3. The molecule has 0 aromatic carbocycles. The van der Waals surface area contributed by atoms with E-state index in [-0.39, 0.29) is 0 Å². The van der Waals surface area contributed by atoms with E-state index in [1.165, 1.54) is 32.1 Å². The maximum absolute atomic E-state index is 6.15. The van der Waals surface area contributed by atoms with Crippen LogP contribution in [0.2, 0.25) is 0 Å². The Hall–Kier alpha value is -1.65. The van der Waals surface area contributed by atoms with Crippen LogP contribution in [-0.4, -0.2) is 19.8 Å². The van der Waals surface area contributed by atoms with E-state index in [1.807, 2.05) is 6.92 Å². The molecule has 2 rings (SSSR count). The van der Waals surface area contributed by atoms with Gasteiger partial charge in [0.05, 0.1) is 6.20 Å². The lowest BCUT2D eigenvalue weighted by atomic mass is 10.0.